The molecule has 2 saturated heterocycles. The monoisotopic (exact) mass is 246 g/mol. The van der Waals surface area contributed by atoms with Crippen LogP contribution in [0.2, 0.25) is 0 Å². The van der Waals surface area contributed by atoms with Gasteiger partial charge in [-0.3, -0.25) is 0 Å². The third-order valence-electron chi connectivity index (χ3n) is 3.62. The lowest BCUT2D eigenvalue weighted by molar-refractivity contribution is 0.00461. The first-order chi connectivity index (χ1) is 8.71. The molecule has 2 fully saturated rings. The molecule has 0 amide bonds. The summed E-state index contributed by atoms with van der Waals surface area (Å²) in [7, 11) is 0. The van der Waals surface area contributed by atoms with Crippen molar-refractivity contribution in [2.24, 2.45) is 0 Å². The van der Waals surface area contributed by atoms with Gasteiger partial charge in [-0.05, 0) is 11.1 Å². The van der Waals surface area contributed by atoms with Gasteiger partial charge in [0.2, 0.25) is 0 Å². The van der Waals surface area contributed by atoms with Gasteiger partial charge < -0.3 is 14.6 Å². The van der Waals surface area contributed by atoms with Gasteiger partial charge in [0, 0.05) is 12.8 Å². The fraction of sp³-hybridized carbons (Fsp3) is 0.467. The first kappa shape index (κ1) is 11.9. The van der Waals surface area contributed by atoms with Crippen LogP contribution in [0.4, 0.5) is 0 Å². The van der Waals surface area contributed by atoms with E-state index in [4.69, 9.17) is 9.47 Å². The number of hydrogen-bond donors (Lipinski definition) is 1. The Kier molecular flexibility index (Phi) is 2.98. The van der Waals surface area contributed by atoms with E-state index in [1.807, 2.05) is 24.3 Å². The van der Waals surface area contributed by atoms with Gasteiger partial charge in [-0.25, -0.2) is 0 Å². The lowest BCUT2D eigenvalue weighted by Gasteiger charge is -2.29. The minimum atomic E-state index is -0.868. The molecule has 2 aliphatic heterocycles. The molecule has 2 unspecified atom stereocenters. The smallest absolute Gasteiger partial charge is 0.0953 e. The topological polar surface area (TPSA) is 45.3 Å². The summed E-state index contributed by atoms with van der Waals surface area (Å²) in [6, 6.07) is 7.87. The van der Waals surface area contributed by atoms with E-state index in [2.05, 4.69) is 6.58 Å². The highest BCUT2D eigenvalue weighted by Gasteiger charge is 2.43. The van der Waals surface area contributed by atoms with Gasteiger partial charge in [-0.2, -0.15) is 0 Å². The van der Waals surface area contributed by atoms with Crippen molar-refractivity contribution in [1.29, 1.82) is 0 Å². The van der Waals surface area contributed by atoms with Gasteiger partial charge in [0.05, 0.1) is 31.0 Å². The molecule has 18 heavy (non-hydrogen) atoms. The van der Waals surface area contributed by atoms with E-state index in [0.29, 0.717) is 12.8 Å². The summed E-state index contributed by atoms with van der Waals surface area (Å²) in [5, 5.41) is 11.0. The molecule has 2 heterocycles. The minimum absolute atomic E-state index is 0.187. The van der Waals surface area contributed by atoms with E-state index in [-0.39, 0.29) is 12.2 Å². The van der Waals surface area contributed by atoms with Crippen LogP contribution in [0.5, 0.6) is 0 Å². The second kappa shape index (κ2) is 4.50. The van der Waals surface area contributed by atoms with Crippen LogP contribution >= 0.6 is 0 Å². The Morgan fingerprint density at radius 1 is 1.22 bits per heavy atom. The fourth-order valence-electron chi connectivity index (χ4n) is 2.53. The van der Waals surface area contributed by atoms with Crippen molar-refractivity contribution in [3.63, 3.8) is 0 Å². The fourth-order valence-corrected chi connectivity index (χ4v) is 2.53. The maximum atomic E-state index is 11.0. The quantitative estimate of drug-likeness (QED) is 0.782. The predicted molar refractivity (Wildman–Crippen MR) is 69.1 cm³/mol. The Labute approximate surface area is 107 Å². The molecule has 0 saturated carbocycles. The Hall–Kier alpha value is -1.16. The normalized spacial score (nSPS) is 28.5. The molecule has 3 nitrogen and oxygen atoms in total. The highest BCUT2D eigenvalue weighted by Crippen LogP contribution is 2.39. The van der Waals surface area contributed by atoms with E-state index >= 15 is 0 Å². The van der Waals surface area contributed by atoms with Crippen molar-refractivity contribution in [1.82, 2.24) is 0 Å². The van der Waals surface area contributed by atoms with Crippen molar-refractivity contribution in [2.75, 3.05) is 13.2 Å². The van der Waals surface area contributed by atoms with Gasteiger partial charge >= 0.3 is 0 Å². The lowest BCUT2D eigenvalue weighted by atomic mass is 9.82. The van der Waals surface area contributed by atoms with Crippen LogP contribution < -0.4 is 0 Å². The maximum Gasteiger partial charge on any atom is 0.0953 e. The van der Waals surface area contributed by atoms with Crippen LogP contribution in [0.25, 0.3) is 6.08 Å². The number of rotatable bonds is 6. The van der Waals surface area contributed by atoms with Crippen molar-refractivity contribution in [3.05, 3.63) is 42.0 Å². The summed E-state index contributed by atoms with van der Waals surface area (Å²) in [4.78, 5) is 0. The summed E-state index contributed by atoms with van der Waals surface area (Å²) in [6.45, 7) is 5.33. The first-order valence-electron chi connectivity index (χ1n) is 6.39. The molecular formula is C15H18O3. The first-order valence-corrected chi connectivity index (χ1v) is 6.39. The highest BCUT2D eigenvalue weighted by atomic mass is 16.6. The molecule has 96 valence electrons. The summed E-state index contributed by atoms with van der Waals surface area (Å²) in [5.41, 5.74) is 1.06. The highest BCUT2D eigenvalue weighted by molar-refractivity contribution is 5.53. The lowest BCUT2D eigenvalue weighted by Crippen LogP contribution is -2.30. The summed E-state index contributed by atoms with van der Waals surface area (Å²) >= 11 is 0. The van der Waals surface area contributed by atoms with Gasteiger partial charge in [0.1, 0.15) is 0 Å². The van der Waals surface area contributed by atoms with E-state index in [1.54, 1.807) is 6.08 Å². The number of ether oxygens (including phenoxy) is 2. The van der Waals surface area contributed by atoms with Crippen LogP contribution in [0, 0.1) is 0 Å². The maximum absolute atomic E-state index is 11.0. The van der Waals surface area contributed by atoms with Crippen molar-refractivity contribution < 1.29 is 14.6 Å². The second-order valence-electron chi connectivity index (χ2n) is 5.14. The van der Waals surface area contributed by atoms with Crippen LogP contribution in [0.3, 0.4) is 0 Å². The van der Waals surface area contributed by atoms with Gasteiger partial charge in [-0.1, -0.05) is 36.9 Å². The Morgan fingerprint density at radius 3 is 2.28 bits per heavy atom. The molecule has 0 spiro atoms. The average molecular weight is 246 g/mol. The molecule has 3 heteroatoms. The zero-order chi connectivity index (χ0) is 12.6. The van der Waals surface area contributed by atoms with Crippen molar-refractivity contribution in [2.45, 2.75) is 30.7 Å². The van der Waals surface area contributed by atoms with Crippen molar-refractivity contribution >= 4 is 6.08 Å². The molecule has 2 aliphatic rings. The Bertz CT molecular complexity index is 433. The van der Waals surface area contributed by atoms with Gasteiger partial charge in [-0.15, -0.1) is 0 Å². The molecule has 3 rings (SSSR count). The molecular weight excluding hydrogens is 228 g/mol. The van der Waals surface area contributed by atoms with Crippen LogP contribution in [-0.2, 0) is 15.1 Å². The summed E-state index contributed by atoms with van der Waals surface area (Å²) in [5.74, 6) is 0. The predicted octanol–water partition coefficient (Wildman–Crippen LogP) is 2.09. The van der Waals surface area contributed by atoms with E-state index in [1.165, 1.54) is 0 Å². The number of epoxide rings is 2. The third-order valence-corrected chi connectivity index (χ3v) is 3.62. The van der Waals surface area contributed by atoms with E-state index in [9.17, 15) is 5.11 Å². The minimum Gasteiger partial charge on any atom is -0.385 e. The average Bonchev–Trinajstić information content (AvgIpc) is 3.26. The molecule has 1 aromatic carbocycles. The molecule has 0 aromatic heterocycles. The standard InChI is InChI=1S/C15H18O3/c1-2-11-5-3-4-6-14(11)15(16,7-12-9-17-12)8-13-10-18-13/h2-6,12-13,16H,1,7-10H2. The molecule has 1 aromatic rings. The molecule has 0 aliphatic carbocycles. The largest absolute Gasteiger partial charge is 0.385 e. The Morgan fingerprint density at radius 2 is 1.78 bits per heavy atom. The number of hydrogen-bond acceptors (Lipinski definition) is 3. The second-order valence-corrected chi connectivity index (χ2v) is 5.14. The molecule has 0 bridgehead atoms. The van der Waals surface area contributed by atoms with E-state index in [0.717, 1.165) is 24.3 Å². The zero-order valence-electron chi connectivity index (χ0n) is 10.3. The van der Waals surface area contributed by atoms with Crippen molar-refractivity contribution in [3.8, 4) is 0 Å². The molecule has 2 atom stereocenters. The SMILES string of the molecule is C=Cc1ccccc1C(O)(CC1CO1)CC1CO1. The zero-order valence-corrected chi connectivity index (χ0v) is 10.3. The summed E-state index contributed by atoms with van der Waals surface area (Å²) < 4.78 is 10.5. The number of aliphatic hydroxyl groups is 1. The van der Waals surface area contributed by atoms with Gasteiger partial charge in [0.15, 0.2) is 0 Å². The van der Waals surface area contributed by atoms with Crippen LogP contribution in [0.15, 0.2) is 30.8 Å². The number of benzene rings is 1. The van der Waals surface area contributed by atoms with Crippen LogP contribution in [-0.4, -0.2) is 30.5 Å². The van der Waals surface area contributed by atoms with Crippen LogP contribution in [0.1, 0.15) is 24.0 Å². The van der Waals surface area contributed by atoms with Gasteiger partial charge in [0.25, 0.3) is 0 Å². The molecule has 0 radical (unpaired) electrons. The Balaban J connectivity index is 1.91. The third kappa shape index (κ3) is 2.48. The molecule has 1 N–H and O–H groups in total. The van der Waals surface area contributed by atoms with E-state index < -0.39 is 5.60 Å². The summed E-state index contributed by atoms with van der Waals surface area (Å²) in [6.07, 6.45) is 3.44.